The zero-order chi connectivity index (χ0) is 19.6. The quantitative estimate of drug-likeness (QED) is 0.806. The zero-order valence-electron chi connectivity index (χ0n) is 15.5. The van der Waals surface area contributed by atoms with E-state index in [1.54, 1.807) is 0 Å². The summed E-state index contributed by atoms with van der Waals surface area (Å²) < 4.78 is 28.7. The van der Waals surface area contributed by atoms with Gasteiger partial charge in [-0.15, -0.1) is 0 Å². The summed E-state index contributed by atoms with van der Waals surface area (Å²) in [7, 11) is -3.95. The average Bonchev–Trinajstić information content (AvgIpc) is 3.08. The first-order chi connectivity index (χ1) is 12.8. The zero-order valence-corrected chi connectivity index (χ0v) is 16.3. The van der Waals surface area contributed by atoms with E-state index in [0.717, 1.165) is 12.1 Å². The molecule has 1 aromatic heterocycles. The van der Waals surface area contributed by atoms with E-state index in [2.05, 4.69) is 10.00 Å². The van der Waals surface area contributed by atoms with Crippen molar-refractivity contribution in [2.24, 2.45) is 0 Å². The van der Waals surface area contributed by atoms with Gasteiger partial charge < -0.3 is 10.0 Å². The fourth-order valence-corrected chi connectivity index (χ4v) is 4.66. The SMILES string of the molecule is CCCn1cc(C(=O)O)c(S(=O)(=O)N2CCN(c3ccc(C)cc3)CC2)n1. The molecule has 2 heterocycles. The Balaban J connectivity index is 1.79. The summed E-state index contributed by atoms with van der Waals surface area (Å²) in [6.07, 6.45) is 2.02. The number of aromatic nitrogens is 2. The molecule has 2 aromatic rings. The van der Waals surface area contributed by atoms with E-state index >= 15 is 0 Å². The Hall–Kier alpha value is -2.39. The lowest BCUT2D eigenvalue weighted by atomic mass is 10.2. The van der Waals surface area contributed by atoms with Crippen LogP contribution in [0.25, 0.3) is 0 Å². The summed E-state index contributed by atoms with van der Waals surface area (Å²) in [6, 6.07) is 8.10. The van der Waals surface area contributed by atoms with E-state index in [4.69, 9.17) is 0 Å². The number of carboxylic acid groups (broad SMARTS) is 1. The highest BCUT2D eigenvalue weighted by Crippen LogP contribution is 2.23. The van der Waals surface area contributed by atoms with Gasteiger partial charge in [0.15, 0.2) is 0 Å². The molecule has 0 amide bonds. The van der Waals surface area contributed by atoms with Crippen molar-refractivity contribution in [2.75, 3.05) is 31.1 Å². The number of anilines is 1. The molecule has 0 radical (unpaired) electrons. The molecule has 1 N–H and O–H groups in total. The summed E-state index contributed by atoms with van der Waals surface area (Å²) in [6.45, 7) is 6.07. The highest BCUT2D eigenvalue weighted by molar-refractivity contribution is 7.89. The molecule has 3 rings (SSSR count). The number of nitrogens with zero attached hydrogens (tertiary/aromatic N) is 4. The van der Waals surface area contributed by atoms with Crippen LogP contribution in [0.3, 0.4) is 0 Å². The van der Waals surface area contributed by atoms with E-state index in [1.807, 2.05) is 38.1 Å². The highest BCUT2D eigenvalue weighted by atomic mass is 32.2. The van der Waals surface area contributed by atoms with E-state index < -0.39 is 16.0 Å². The number of sulfonamides is 1. The second kappa shape index (κ2) is 7.69. The Morgan fingerprint density at radius 2 is 1.78 bits per heavy atom. The number of rotatable bonds is 6. The largest absolute Gasteiger partial charge is 0.478 e. The maximum absolute atomic E-state index is 13.0. The summed E-state index contributed by atoms with van der Waals surface area (Å²) >= 11 is 0. The lowest BCUT2D eigenvalue weighted by Crippen LogP contribution is -2.49. The number of benzene rings is 1. The molecule has 1 saturated heterocycles. The maximum Gasteiger partial charge on any atom is 0.340 e. The van der Waals surface area contributed by atoms with E-state index in [1.165, 1.54) is 20.7 Å². The van der Waals surface area contributed by atoms with Gasteiger partial charge in [0.2, 0.25) is 5.03 Å². The predicted molar refractivity (Wildman–Crippen MR) is 102 cm³/mol. The fraction of sp³-hybridized carbons (Fsp3) is 0.444. The van der Waals surface area contributed by atoms with E-state index in [9.17, 15) is 18.3 Å². The summed E-state index contributed by atoms with van der Waals surface area (Å²) in [5.41, 5.74) is 1.95. The molecule has 0 unspecified atom stereocenters. The normalized spacial score (nSPS) is 15.9. The van der Waals surface area contributed by atoms with Crippen LogP contribution in [0.4, 0.5) is 5.69 Å². The standard InChI is InChI=1S/C18H24N4O4S/c1-3-8-21-13-16(18(23)24)17(19-21)27(25,26)22-11-9-20(10-12-22)15-6-4-14(2)5-7-15/h4-7,13H,3,8-12H2,1-2H3,(H,23,24). The van der Waals surface area contributed by atoms with Crippen molar-refractivity contribution in [3.63, 3.8) is 0 Å². The van der Waals surface area contributed by atoms with Crippen LogP contribution in [0.1, 0.15) is 29.3 Å². The number of carbonyl (C=O) groups is 1. The number of piperazine rings is 1. The third kappa shape index (κ3) is 3.98. The molecule has 0 bridgehead atoms. The van der Waals surface area contributed by atoms with E-state index in [-0.39, 0.29) is 23.7 Å². The molecular formula is C18H24N4O4S. The van der Waals surface area contributed by atoms with Gasteiger partial charge in [0.05, 0.1) is 0 Å². The van der Waals surface area contributed by atoms with Crippen molar-refractivity contribution >= 4 is 21.7 Å². The van der Waals surface area contributed by atoms with Crippen molar-refractivity contribution in [3.05, 3.63) is 41.6 Å². The first kappa shape index (κ1) is 19.4. The van der Waals surface area contributed by atoms with Gasteiger partial charge in [-0.25, -0.2) is 13.2 Å². The molecule has 0 saturated carbocycles. The molecule has 8 nitrogen and oxygen atoms in total. The molecule has 27 heavy (non-hydrogen) atoms. The van der Waals surface area contributed by atoms with Crippen LogP contribution in [-0.2, 0) is 16.6 Å². The predicted octanol–water partition coefficient (Wildman–Crippen LogP) is 1.81. The highest BCUT2D eigenvalue weighted by Gasteiger charge is 2.34. The molecule has 1 aliphatic heterocycles. The topological polar surface area (TPSA) is 95.7 Å². The van der Waals surface area contributed by atoms with Crippen molar-refractivity contribution in [3.8, 4) is 0 Å². The number of hydrogen-bond donors (Lipinski definition) is 1. The van der Waals surface area contributed by atoms with Gasteiger partial charge in [0.25, 0.3) is 10.0 Å². The first-order valence-corrected chi connectivity index (χ1v) is 10.4. The monoisotopic (exact) mass is 392 g/mol. The Bertz CT molecular complexity index is 913. The van der Waals surface area contributed by atoms with Crippen LogP contribution in [0, 0.1) is 6.92 Å². The molecule has 146 valence electrons. The number of hydrogen-bond acceptors (Lipinski definition) is 5. The third-order valence-electron chi connectivity index (χ3n) is 4.63. The smallest absolute Gasteiger partial charge is 0.340 e. The first-order valence-electron chi connectivity index (χ1n) is 8.95. The number of aryl methyl sites for hydroxylation is 2. The Morgan fingerprint density at radius 3 is 2.33 bits per heavy atom. The van der Waals surface area contributed by atoms with Crippen molar-refractivity contribution in [2.45, 2.75) is 31.8 Å². The van der Waals surface area contributed by atoms with E-state index in [0.29, 0.717) is 19.6 Å². The van der Waals surface area contributed by atoms with Crippen molar-refractivity contribution in [1.29, 1.82) is 0 Å². The number of aromatic carboxylic acids is 1. The van der Waals surface area contributed by atoms with Crippen LogP contribution in [0.2, 0.25) is 0 Å². The maximum atomic E-state index is 13.0. The van der Waals surface area contributed by atoms with Gasteiger partial charge in [-0.2, -0.15) is 9.40 Å². The minimum absolute atomic E-state index is 0.274. The molecule has 0 spiro atoms. The van der Waals surface area contributed by atoms with Crippen LogP contribution < -0.4 is 4.90 Å². The molecular weight excluding hydrogens is 368 g/mol. The summed E-state index contributed by atoms with van der Waals surface area (Å²) in [5.74, 6) is -1.28. The van der Waals surface area contributed by atoms with Gasteiger partial charge in [-0.05, 0) is 25.5 Å². The van der Waals surface area contributed by atoms with Crippen LogP contribution in [-0.4, -0.2) is 59.8 Å². The lowest BCUT2D eigenvalue weighted by Gasteiger charge is -2.35. The summed E-state index contributed by atoms with van der Waals surface area (Å²) in [5, 5.41) is 13.1. The minimum atomic E-state index is -3.95. The molecule has 9 heteroatoms. The molecule has 0 atom stereocenters. The Labute approximate surface area is 159 Å². The van der Waals surface area contributed by atoms with Crippen molar-refractivity contribution in [1.82, 2.24) is 14.1 Å². The lowest BCUT2D eigenvalue weighted by molar-refractivity contribution is 0.0692. The van der Waals surface area contributed by atoms with Gasteiger partial charge in [0.1, 0.15) is 5.56 Å². The van der Waals surface area contributed by atoms with Crippen LogP contribution in [0.15, 0.2) is 35.5 Å². The summed E-state index contributed by atoms with van der Waals surface area (Å²) in [4.78, 5) is 13.6. The minimum Gasteiger partial charge on any atom is -0.478 e. The van der Waals surface area contributed by atoms with Gasteiger partial charge in [0, 0.05) is 44.6 Å². The molecule has 1 aromatic carbocycles. The number of carboxylic acids is 1. The Morgan fingerprint density at radius 1 is 1.15 bits per heavy atom. The van der Waals surface area contributed by atoms with Crippen LogP contribution in [0.5, 0.6) is 0 Å². The third-order valence-corrected chi connectivity index (χ3v) is 6.47. The van der Waals surface area contributed by atoms with Crippen molar-refractivity contribution < 1.29 is 18.3 Å². The second-order valence-electron chi connectivity index (χ2n) is 6.64. The molecule has 1 fully saturated rings. The van der Waals surface area contributed by atoms with Gasteiger partial charge >= 0.3 is 5.97 Å². The Kier molecular flexibility index (Phi) is 5.52. The van der Waals surface area contributed by atoms with Crippen LogP contribution >= 0.6 is 0 Å². The molecule has 1 aliphatic rings. The average molecular weight is 392 g/mol. The molecule has 0 aliphatic carbocycles. The fourth-order valence-electron chi connectivity index (χ4n) is 3.15. The van der Waals surface area contributed by atoms with Gasteiger partial charge in [-0.3, -0.25) is 4.68 Å². The second-order valence-corrected chi connectivity index (χ2v) is 8.50. The van der Waals surface area contributed by atoms with Gasteiger partial charge in [-0.1, -0.05) is 24.6 Å².